The highest BCUT2D eigenvalue weighted by molar-refractivity contribution is 5.85. The zero-order chi connectivity index (χ0) is 27.5. The molecule has 0 spiro atoms. The van der Waals surface area contributed by atoms with Crippen LogP contribution in [0.2, 0.25) is 0 Å². The number of rotatable bonds is 9. The van der Waals surface area contributed by atoms with E-state index in [2.05, 4.69) is 23.1 Å². The molecule has 2 aromatic heterocycles. The summed E-state index contributed by atoms with van der Waals surface area (Å²) >= 11 is 0. The molecule has 4 aromatic rings. The zero-order valence-electron chi connectivity index (χ0n) is 23.2. The normalized spacial score (nSPS) is 14.8. The number of anilines is 1. The van der Waals surface area contributed by atoms with Gasteiger partial charge < -0.3 is 28.4 Å². The fraction of sp³-hybridized carbons (Fsp3) is 0.375. The van der Waals surface area contributed by atoms with Crippen molar-refractivity contribution >= 4 is 22.6 Å². The van der Waals surface area contributed by atoms with Gasteiger partial charge in [-0.25, -0.2) is 4.98 Å². The molecule has 1 aliphatic carbocycles. The highest BCUT2D eigenvalue weighted by atomic mass is 16.5. The number of ether oxygens (including phenoxy) is 3. The number of pyridine rings is 1. The number of fused-ring (bicyclic) bond motifs is 2. The van der Waals surface area contributed by atoms with E-state index in [4.69, 9.17) is 23.6 Å². The molecule has 40 heavy (non-hydrogen) atoms. The number of carbonyl (C=O) groups is 1. The van der Waals surface area contributed by atoms with E-state index in [-0.39, 0.29) is 12.3 Å². The van der Waals surface area contributed by atoms with Crippen LogP contribution in [0.25, 0.3) is 10.9 Å². The third-order valence-electron chi connectivity index (χ3n) is 7.87. The van der Waals surface area contributed by atoms with Gasteiger partial charge in [0.2, 0.25) is 5.91 Å². The summed E-state index contributed by atoms with van der Waals surface area (Å²) in [4.78, 5) is 23.3. The summed E-state index contributed by atoms with van der Waals surface area (Å²) in [6, 6.07) is 16.0. The van der Waals surface area contributed by atoms with Gasteiger partial charge in [0.25, 0.3) is 0 Å². The van der Waals surface area contributed by atoms with Gasteiger partial charge in [0.1, 0.15) is 23.1 Å². The lowest BCUT2D eigenvalue weighted by Gasteiger charge is -2.31. The lowest BCUT2D eigenvalue weighted by molar-refractivity contribution is -0.132. The lowest BCUT2D eigenvalue weighted by atomic mass is 10.0. The minimum absolute atomic E-state index is 0.0371. The van der Waals surface area contributed by atoms with Crippen LogP contribution < -0.4 is 14.4 Å². The first-order valence-corrected chi connectivity index (χ1v) is 13.9. The van der Waals surface area contributed by atoms with E-state index in [1.165, 1.54) is 17.5 Å². The number of furan rings is 1. The first kappa shape index (κ1) is 26.2. The number of hydrogen-bond acceptors (Lipinski definition) is 7. The van der Waals surface area contributed by atoms with Crippen molar-refractivity contribution in [2.24, 2.45) is 0 Å². The van der Waals surface area contributed by atoms with Crippen molar-refractivity contribution in [2.45, 2.75) is 38.8 Å². The van der Waals surface area contributed by atoms with Crippen LogP contribution in [0.1, 0.15) is 34.4 Å². The van der Waals surface area contributed by atoms with Gasteiger partial charge in [0.05, 0.1) is 52.2 Å². The monoisotopic (exact) mass is 541 g/mol. The number of methoxy groups -OCH3 is 2. The van der Waals surface area contributed by atoms with Crippen LogP contribution in [-0.2, 0) is 41.9 Å². The number of carbonyl (C=O) groups excluding carboxylic acids is 1. The minimum Gasteiger partial charge on any atom is -0.497 e. The summed E-state index contributed by atoms with van der Waals surface area (Å²) in [5.74, 6) is 2.95. The summed E-state index contributed by atoms with van der Waals surface area (Å²) in [7, 11) is 3.23. The van der Waals surface area contributed by atoms with Crippen LogP contribution >= 0.6 is 0 Å². The summed E-state index contributed by atoms with van der Waals surface area (Å²) < 4.78 is 22.3. The van der Waals surface area contributed by atoms with Crippen molar-refractivity contribution in [3.63, 3.8) is 0 Å². The highest BCUT2D eigenvalue weighted by Crippen LogP contribution is 2.32. The summed E-state index contributed by atoms with van der Waals surface area (Å²) in [6.45, 7) is 3.61. The van der Waals surface area contributed by atoms with Gasteiger partial charge in [0, 0.05) is 36.1 Å². The molecule has 2 aliphatic rings. The van der Waals surface area contributed by atoms with Gasteiger partial charge in [0.15, 0.2) is 0 Å². The second kappa shape index (κ2) is 11.6. The fourth-order valence-electron chi connectivity index (χ4n) is 5.77. The quantitative estimate of drug-likeness (QED) is 0.297. The summed E-state index contributed by atoms with van der Waals surface area (Å²) in [6.07, 6.45) is 5.22. The smallest absolute Gasteiger partial charge is 0.227 e. The molecule has 1 saturated heterocycles. The molecule has 0 bridgehead atoms. The number of morpholine rings is 1. The van der Waals surface area contributed by atoms with Crippen LogP contribution in [-0.4, -0.2) is 56.3 Å². The molecule has 208 valence electrons. The van der Waals surface area contributed by atoms with E-state index in [1.807, 2.05) is 35.2 Å². The number of nitrogens with zero attached hydrogens (tertiary/aromatic N) is 3. The van der Waals surface area contributed by atoms with Gasteiger partial charge in [-0.15, -0.1) is 0 Å². The third kappa shape index (κ3) is 5.49. The number of amides is 1. The molecular weight excluding hydrogens is 506 g/mol. The molecule has 2 aromatic carbocycles. The zero-order valence-corrected chi connectivity index (χ0v) is 23.2. The predicted molar refractivity (Wildman–Crippen MR) is 153 cm³/mol. The Labute approximate surface area is 234 Å². The van der Waals surface area contributed by atoms with Gasteiger partial charge in [-0.2, -0.15) is 0 Å². The molecule has 3 heterocycles. The Bertz CT molecular complexity index is 1490. The maximum Gasteiger partial charge on any atom is 0.227 e. The number of hydrogen-bond donors (Lipinski definition) is 0. The Hall–Kier alpha value is -4.04. The van der Waals surface area contributed by atoms with Crippen LogP contribution in [0.5, 0.6) is 11.5 Å². The molecule has 1 aliphatic heterocycles. The molecule has 0 saturated carbocycles. The molecule has 0 radical (unpaired) electrons. The third-order valence-corrected chi connectivity index (χ3v) is 7.87. The van der Waals surface area contributed by atoms with Crippen molar-refractivity contribution in [1.82, 2.24) is 9.88 Å². The Morgan fingerprint density at radius 3 is 2.55 bits per heavy atom. The van der Waals surface area contributed by atoms with Gasteiger partial charge in [-0.1, -0.05) is 0 Å². The highest BCUT2D eigenvalue weighted by Gasteiger charge is 2.24. The second-order valence-corrected chi connectivity index (χ2v) is 10.4. The number of aromatic nitrogens is 1. The average molecular weight is 542 g/mol. The first-order chi connectivity index (χ1) is 19.6. The average Bonchev–Trinajstić information content (AvgIpc) is 3.67. The molecule has 0 atom stereocenters. The standard InChI is InChI=1S/C32H35N3O5/c1-37-27-8-9-30(38-2)25(17-27)19-31(36)35(21-28-7-4-12-40-28)20-26-16-24-15-22-5-3-6-23(22)18-29(24)33-32(26)34-10-13-39-14-11-34/h4,7-9,12,15-18H,3,5-6,10-11,13-14,19-21H2,1-2H3. The van der Waals surface area contributed by atoms with Gasteiger partial charge >= 0.3 is 0 Å². The maximum absolute atomic E-state index is 13.9. The predicted octanol–water partition coefficient (Wildman–Crippen LogP) is 4.94. The van der Waals surface area contributed by atoms with Crippen LogP contribution in [0.4, 0.5) is 5.82 Å². The topological polar surface area (TPSA) is 77.3 Å². The minimum atomic E-state index is -0.0371. The Kier molecular flexibility index (Phi) is 7.60. The van der Waals surface area contributed by atoms with E-state index in [9.17, 15) is 4.79 Å². The molecule has 0 N–H and O–H groups in total. The second-order valence-electron chi connectivity index (χ2n) is 10.4. The molecule has 8 nitrogen and oxygen atoms in total. The Morgan fingerprint density at radius 1 is 0.975 bits per heavy atom. The van der Waals surface area contributed by atoms with Crippen LogP contribution in [0.3, 0.4) is 0 Å². The van der Waals surface area contributed by atoms with E-state index in [1.54, 1.807) is 20.5 Å². The largest absolute Gasteiger partial charge is 0.497 e. The molecule has 1 fully saturated rings. The van der Waals surface area contributed by atoms with Gasteiger partial charge in [-0.05, 0) is 78.9 Å². The number of benzene rings is 2. The molecule has 0 unspecified atom stereocenters. The summed E-state index contributed by atoms with van der Waals surface area (Å²) in [5.41, 5.74) is 5.62. The van der Waals surface area contributed by atoms with E-state index in [0.29, 0.717) is 37.8 Å². The summed E-state index contributed by atoms with van der Waals surface area (Å²) in [5, 5.41) is 1.12. The van der Waals surface area contributed by atoms with Crippen LogP contribution in [0.15, 0.2) is 59.2 Å². The fourth-order valence-corrected chi connectivity index (χ4v) is 5.77. The van der Waals surface area contributed by atoms with E-state index >= 15 is 0 Å². The van der Waals surface area contributed by atoms with Crippen molar-refractivity contribution in [3.8, 4) is 11.5 Å². The van der Waals surface area contributed by atoms with E-state index in [0.717, 1.165) is 59.5 Å². The van der Waals surface area contributed by atoms with Crippen molar-refractivity contribution in [3.05, 3.63) is 82.8 Å². The SMILES string of the molecule is COc1ccc(OC)c(CC(=O)N(Cc2ccco2)Cc2cc3cc4c(cc3nc2N2CCOCC2)CCC4)c1. The van der Waals surface area contributed by atoms with Crippen molar-refractivity contribution < 1.29 is 23.4 Å². The Balaban J connectivity index is 1.37. The van der Waals surface area contributed by atoms with Crippen molar-refractivity contribution in [2.75, 3.05) is 45.4 Å². The lowest BCUT2D eigenvalue weighted by Crippen LogP contribution is -2.38. The Morgan fingerprint density at radius 2 is 1.80 bits per heavy atom. The molecule has 8 heteroatoms. The maximum atomic E-state index is 13.9. The first-order valence-electron chi connectivity index (χ1n) is 13.9. The van der Waals surface area contributed by atoms with Crippen molar-refractivity contribution in [1.29, 1.82) is 0 Å². The molecule has 6 rings (SSSR count). The molecular formula is C32H35N3O5. The van der Waals surface area contributed by atoms with Gasteiger partial charge in [-0.3, -0.25) is 4.79 Å². The van der Waals surface area contributed by atoms with E-state index < -0.39 is 0 Å². The number of aryl methyl sites for hydroxylation is 2. The van der Waals surface area contributed by atoms with Crippen LogP contribution in [0, 0.1) is 0 Å². The molecule has 1 amide bonds.